The van der Waals surface area contributed by atoms with Crippen LogP contribution < -0.4 is 0 Å². The summed E-state index contributed by atoms with van der Waals surface area (Å²) in [6.45, 7) is 7.96. The quantitative estimate of drug-likeness (QED) is 0.791. The van der Waals surface area contributed by atoms with Crippen LogP contribution in [0.5, 0.6) is 0 Å². The molecule has 1 heterocycles. The summed E-state index contributed by atoms with van der Waals surface area (Å²) in [4.78, 5) is 1.34. The summed E-state index contributed by atoms with van der Waals surface area (Å²) in [5, 5.41) is 12.0. The van der Waals surface area contributed by atoms with Crippen LogP contribution in [0.1, 0.15) is 32.6 Å². The summed E-state index contributed by atoms with van der Waals surface area (Å²) < 4.78 is 0. The van der Waals surface area contributed by atoms with Crippen molar-refractivity contribution in [1.82, 2.24) is 0 Å². The first kappa shape index (κ1) is 10.7. The average Bonchev–Trinajstić information content (AvgIpc) is 2.35. The highest BCUT2D eigenvalue weighted by Gasteiger charge is 2.35. The SMILES string of the molecule is CC(C)(O)C(C)(C)Cc1cccs1. The lowest BCUT2D eigenvalue weighted by Gasteiger charge is -2.37. The molecule has 0 amide bonds. The molecule has 0 aliphatic heterocycles. The lowest BCUT2D eigenvalue weighted by Crippen LogP contribution is -2.40. The van der Waals surface area contributed by atoms with Crippen molar-refractivity contribution in [2.75, 3.05) is 0 Å². The number of hydrogen-bond acceptors (Lipinski definition) is 2. The van der Waals surface area contributed by atoms with Gasteiger partial charge in [-0.1, -0.05) is 19.9 Å². The van der Waals surface area contributed by atoms with Gasteiger partial charge in [-0.2, -0.15) is 0 Å². The second kappa shape index (κ2) is 3.43. The zero-order chi connectivity index (χ0) is 10.1. The number of hydrogen-bond donors (Lipinski definition) is 1. The van der Waals surface area contributed by atoms with Gasteiger partial charge in [-0.25, -0.2) is 0 Å². The molecule has 1 N–H and O–H groups in total. The smallest absolute Gasteiger partial charge is 0.0645 e. The molecule has 0 spiro atoms. The van der Waals surface area contributed by atoms with Gasteiger partial charge in [0.25, 0.3) is 0 Å². The zero-order valence-corrected chi connectivity index (χ0v) is 9.61. The van der Waals surface area contributed by atoms with Crippen molar-refractivity contribution in [2.45, 2.75) is 39.7 Å². The molecule has 13 heavy (non-hydrogen) atoms. The topological polar surface area (TPSA) is 20.2 Å². The van der Waals surface area contributed by atoms with Crippen molar-refractivity contribution >= 4 is 11.3 Å². The first-order valence-electron chi connectivity index (χ1n) is 4.58. The van der Waals surface area contributed by atoms with E-state index in [4.69, 9.17) is 0 Å². The van der Waals surface area contributed by atoms with E-state index < -0.39 is 5.60 Å². The van der Waals surface area contributed by atoms with Crippen molar-refractivity contribution in [3.63, 3.8) is 0 Å². The minimum atomic E-state index is -0.628. The molecule has 0 unspecified atom stereocenters. The van der Waals surface area contributed by atoms with Gasteiger partial charge < -0.3 is 5.11 Å². The summed E-state index contributed by atoms with van der Waals surface area (Å²) in [6, 6.07) is 4.18. The van der Waals surface area contributed by atoms with Crippen LogP contribution >= 0.6 is 11.3 Å². The highest BCUT2D eigenvalue weighted by atomic mass is 32.1. The van der Waals surface area contributed by atoms with Gasteiger partial charge in [-0.15, -0.1) is 11.3 Å². The van der Waals surface area contributed by atoms with Crippen LogP contribution in [0.25, 0.3) is 0 Å². The van der Waals surface area contributed by atoms with E-state index in [-0.39, 0.29) is 5.41 Å². The lowest BCUT2D eigenvalue weighted by atomic mass is 9.74. The second-order valence-electron chi connectivity index (χ2n) is 4.70. The van der Waals surface area contributed by atoms with Crippen molar-refractivity contribution in [2.24, 2.45) is 5.41 Å². The van der Waals surface area contributed by atoms with E-state index in [1.165, 1.54) is 4.88 Å². The molecule has 2 heteroatoms. The Morgan fingerprint density at radius 2 is 1.92 bits per heavy atom. The third-order valence-corrected chi connectivity index (χ3v) is 3.73. The Morgan fingerprint density at radius 1 is 1.31 bits per heavy atom. The van der Waals surface area contributed by atoms with Crippen LogP contribution in [0, 0.1) is 5.41 Å². The normalized spacial score (nSPS) is 13.3. The fourth-order valence-electron chi connectivity index (χ4n) is 1.07. The first-order chi connectivity index (χ1) is 5.83. The van der Waals surface area contributed by atoms with E-state index >= 15 is 0 Å². The predicted octanol–water partition coefficient (Wildman–Crippen LogP) is 3.09. The van der Waals surface area contributed by atoms with Crippen LogP contribution in [0.15, 0.2) is 17.5 Å². The molecule has 1 nitrogen and oxygen atoms in total. The van der Waals surface area contributed by atoms with E-state index in [9.17, 15) is 5.11 Å². The Labute approximate surface area is 84.4 Å². The van der Waals surface area contributed by atoms with E-state index in [2.05, 4.69) is 31.4 Å². The van der Waals surface area contributed by atoms with Gasteiger partial charge in [0.2, 0.25) is 0 Å². The maximum Gasteiger partial charge on any atom is 0.0645 e. The van der Waals surface area contributed by atoms with Crippen molar-refractivity contribution < 1.29 is 5.11 Å². The van der Waals surface area contributed by atoms with Gasteiger partial charge in [0.15, 0.2) is 0 Å². The van der Waals surface area contributed by atoms with E-state index in [0.29, 0.717) is 0 Å². The first-order valence-corrected chi connectivity index (χ1v) is 5.46. The molecule has 0 saturated carbocycles. The summed E-state index contributed by atoms with van der Waals surface area (Å²) in [7, 11) is 0. The minimum Gasteiger partial charge on any atom is -0.390 e. The van der Waals surface area contributed by atoms with Crippen LogP contribution in [-0.2, 0) is 6.42 Å². The highest BCUT2D eigenvalue weighted by molar-refractivity contribution is 7.09. The number of aliphatic hydroxyl groups is 1. The van der Waals surface area contributed by atoms with Crippen LogP contribution in [-0.4, -0.2) is 10.7 Å². The highest BCUT2D eigenvalue weighted by Crippen LogP contribution is 2.34. The molecule has 1 aromatic heterocycles. The van der Waals surface area contributed by atoms with Crippen LogP contribution in [0.3, 0.4) is 0 Å². The minimum absolute atomic E-state index is 0.0716. The molecule has 1 rings (SSSR count). The summed E-state index contributed by atoms with van der Waals surface area (Å²) in [5.74, 6) is 0. The van der Waals surface area contributed by atoms with Gasteiger partial charge in [-0.3, -0.25) is 0 Å². The zero-order valence-electron chi connectivity index (χ0n) is 8.79. The Kier molecular flexibility index (Phi) is 2.83. The van der Waals surface area contributed by atoms with Crippen molar-refractivity contribution in [1.29, 1.82) is 0 Å². The van der Waals surface area contributed by atoms with Crippen LogP contribution in [0.2, 0.25) is 0 Å². The summed E-state index contributed by atoms with van der Waals surface area (Å²) in [5.41, 5.74) is -0.700. The van der Waals surface area contributed by atoms with Gasteiger partial charge in [-0.05, 0) is 37.1 Å². The van der Waals surface area contributed by atoms with Gasteiger partial charge in [0, 0.05) is 4.88 Å². The molecule has 0 atom stereocenters. The Hall–Kier alpha value is -0.340. The van der Waals surface area contributed by atoms with E-state index in [0.717, 1.165) is 6.42 Å². The molecule has 74 valence electrons. The standard InChI is InChI=1S/C11H18OS/c1-10(2,11(3,4)12)8-9-6-5-7-13-9/h5-7,12H,8H2,1-4H3. The maximum atomic E-state index is 9.95. The van der Waals surface area contributed by atoms with E-state index in [1.54, 1.807) is 11.3 Å². The van der Waals surface area contributed by atoms with Crippen LogP contribution in [0.4, 0.5) is 0 Å². The Morgan fingerprint density at radius 3 is 2.31 bits per heavy atom. The Balaban J connectivity index is 2.73. The summed E-state index contributed by atoms with van der Waals surface area (Å²) in [6.07, 6.45) is 0.939. The fourth-order valence-corrected chi connectivity index (χ4v) is 2.00. The second-order valence-corrected chi connectivity index (χ2v) is 5.73. The molecule has 0 saturated heterocycles. The largest absolute Gasteiger partial charge is 0.390 e. The Bertz CT molecular complexity index is 254. The third kappa shape index (κ3) is 2.55. The molecular weight excluding hydrogens is 180 g/mol. The van der Waals surface area contributed by atoms with E-state index in [1.807, 2.05) is 13.8 Å². The molecule has 0 radical (unpaired) electrons. The molecule has 1 aromatic rings. The molecule has 0 fully saturated rings. The van der Waals surface area contributed by atoms with Gasteiger partial charge in [0.05, 0.1) is 5.60 Å². The maximum absolute atomic E-state index is 9.95. The van der Waals surface area contributed by atoms with Crippen molar-refractivity contribution in [3.05, 3.63) is 22.4 Å². The molecular formula is C11H18OS. The molecule has 0 aliphatic carbocycles. The number of rotatable bonds is 3. The average molecular weight is 198 g/mol. The molecule has 0 aliphatic rings. The van der Waals surface area contributed by atoms with Crippen molar-refractivity contribution in [3.8, 4) is 0 Å². The number of thiophene rings is 1. The predicted molar refractivity (Wildman–Crippen MR) is 58.1 cm³/mol. The summed E-state index contributed by atoms with van der Waals surface area (Å²) >= 11 is 1.75. The van der Waals surface area contributed by atoms with Gasteiger partial charge >= 0.3 is 0 Å². The molecule has 0 aromatic carbocycles. The fraction of sp³-hybridized carbons (Fsp3) is 0.636. The third-order valence-electron chi connectivity index (χ3n) is 2.85. The molecule has 0 bridgehead atoms. The lowest BCUT2D eigenvalue weighted by molar-refractivity contribution is -0.0340. The monoisotopic (exact) mass is 198 g/mol. The van der Waals surface area contributed by atoms with Gasteiger partial charge in [0.1, 0.15) is 0 Å².